The van der Waals surface area contributed by atoms with Crippen molar-refractivity contribution in [3.8, 4) is 23.6 Å². The summed E-state index contributed by atoms with van der Waals surface area (Å²) in [6.07, 6.45) is 6.97. The number of nitrogens with zero attached hydrogens (tertiary/aromatic N) is 5. The number of rotatable bonds is 12. The molecule has 1 aliphatic carbocycles. The van der Waals surface area contributed by atoms with E-state index in [0.29, 0.717) is 36.6 Å². The summed E-state index contributed by atoms with van der Waals surface area (Å²) in [5.41, 5.74) is 3.22. The normalized spacial score (nSPS) is 16.2. The zero-order chi connectivity index (χ0) is 32.1. The summed E-state index contributed by atoms with van der Waals surface area (Å²) in [6.45, 7) is 3.09. The number of hydrogen-bond donors (Lipinski definition) is 1. The number of likely N-dealkylation sites (tertiary alicyclic amines) is 1. The molecule has 1 saturated heterocycles. The van der Waals surface area contributed by atoms with E-state index in [9.17, 15) is 14.4 Å². The number of carboxylic acids is 1. The Morgan fingerprint density at radius 1 is 1.09 bits per heavy atom. The van der Waals surface area contributed by atoms with Crippen LogP contribution in [0.4, 0.5) is 4.39 Å². The highest BCUT2D eigenvalue weighted by Crippen LogP contribution is 2.50. The number of hydrogen-bond acceptors (Lipinski definition) is 7. The fourth-order valence-corrected chi connectivity index (χ4v) is 5.94. The fourth-order valence-electron chi connectivity index (χ4n) is 5.94. The van der Waals surface area contributed by atoms with E-state index in [4.69, 9.17) is 24.8 Å². The third-order valence-corrected chi connectivity index (χ3v) is 8.76. The van der Waals surface area contributed by atoms with Gasteiger partial charge in [0.1, 0.15) is 35.9 Å². The highest BCUT2D eigenvalue weighted by molar-refractivity contribution is 5.87. The Morgan fingerprint density at radius 2 is 1.89 bits per heavy atom. The van der Waals surface area contributed by atoms with Crippen molar-refractivity contribution in [3.63, 3.8) is 0 Å². The Morgan fingerprint density at radius 3 is 2.61 bits per heavy atom. The number of carbonyl (C=O) groups is 1. The molecule has 2 fully saturated rings. The second kappa shape index (κ2) is 13.4. The summed E-state index contributed by atoms with van der Waals surface area (Å²) in [6, 6.07) is 21.8. The monoisotopic (exact) mass is 619 g/mol. The van der Waals surface area contributed by atoms with Gasteiger partial charge in [-0.2, -0.15) is 10.5 Å². The molecule has 0 atom stereocenters. The number of nitriles is 2. The van der Waals surface area contributed by atoms with Gasteiger partial charge in [0.15, 0.2) is 0 Å². The molecule has 2 aliphatic rings. The smallest absolute Gasteiger partial charge is 0.328 e. The summed E-state index contributed by atoms with van der Waals surface area (Å²) < 4.78 is 28.6. The van der Waals surface area contributed by atoms with E-state index in [1.807, 2.05) is 42.5 Å². The standard InChI is InChI=1S/C36H34FN5O4/c37-31-18-26(21-39)4-7-27(31)23-45-29-2-1-3-30(20-29)46-28-10-16-41(17-11-28)22-34-40-32-8-5-25(6-9-35(43)44)19-33(32)42(34)24-36(12-13-36)14-15-38/h1-9,18-20,28H,10-14,16-17,22-24H2,(H,43,44)/b9-6+. The molecular formula is C36H34FN5O4. The van der Waals surface area contributed by atoms with E-state index in [-0.39, 0.29) is 23.7 Å². The molecule has 1 N–H and O–H groups in total. The van der Waals surface area contributed by atoms with Gasteiger partial charge < -0.3 is 19.1 Å². The lowest BCUT2D eigenvalue weighted by Gasteiger charge is -2.32. The SMILES string of the molecule is N#CCC1(Cn2c(CN3CCC(Oc4cccc(OCc5ccc(C#N)cc5F)c4)CC3)nc3ccc(/C=C/C(=O)O)cc32)CC1. The third-order valence-electron chi connectivity index (χ3n) is 8.76. The molecule has 1 aliphatic heterocycles. The van der Waals surface area contributed by atoms with Gasteiger partial charge >= 0.3 is 5.97 Å². The van der Waals surface area contributed by atoms with Gasteiger partial charge in [-0.25, -0.2) is 14.2 Å². The fraction of sp³-hybridized carbons (Fsp3) is 0.333. The number of aliphatic carboxylic acids is 1. The molecule has 0 spiro atoms. The summed E-state index contributed by atoms with van der Waals surface area (Å²) >= 11 is 0. The predicted octanol–water partition coefficient (Wildman–Crippen LogP) is 6.46. The van der Waals surface area contributed by atoms with Gasteiger partial charge in [-0.15, -0.1) is 0 Å². The van der Waals surface area contributed by atoms with E-state index < -0.39 is 11.8 Å². The third kappa shape index (κ3) is 7.36. The second-order valence-corrected chi connectivity index (χ2v) is 12.1. The molecule has 1 aromatic heterocycles. The van der Waals surface area contributed by atoms with Crippen LogP contribution in [-0.4, -0.2) is 44.7 Å². The average molecular weight is 620 g/mol. The van der Waals surface area contributed by atoms with Crippen LogP contribution in [0.5, 0.6) is 11.5 Å². The second-order valence-electron chi connectivity index (χ2n) is 12.1. The molecule has 9 nitrogen and oxygen atoms in total. The zero-order valence-corrected chi connectivity index (χ0v) is 25.4. The van der Waals surface area contributed by atoms with E-state index in [0.717, 1.165) is 67.3 Å². The number of fused-ring (bicyclic) bond motifs is 1. The van der Waals surface area contributed by atoms with Crippen LogP contribution in [0.25, 0.3) is 17.1 Å². The number of ether oxygens (including phenoxy) is 2. The molecule has 0 amide bonds. The van der Waals surface area contributed by atoms with Crippen LogP contribution in [0.2, 0.25) is 0 Å². The van der Waals surface area contributed by atoms with Crippen molar-refractivity contribution in [1.82, 2.24) is 14.5 Å². The van der Waals surface area contributed by atoms with E-state index in [1.54, 1.807) is 24.3 Å². The summed E-state index contributed by atoms with van der Waals surface area (Å²) in [5.74, 6) is 0.745. The lowest BCUT2D eigenvalue weighted by Crippen LogP contribution is -2.38. The Labute approximate surface area is 266 Å². The Balaban J connectivity index is 1.09. The number of halogens is 1. The van der Waals surface area contributed by atoms with E-state index in [2.05, 4.69) is 15.5 Å². The number of carboxylic acid groups (broad SMARTS) is 1. The first-order valence-electron chi connectivity index (χ1n) is 15.4. The molecular weight excluding hydrogens is 585 g/mol. The number of aromatic nitrogens is 2. The first-order chi connectivity index (χ1) is 22.3. The van der Waals surface area contributed by atoms with Crippen molar-refractivity contribution in [2.75, 3.05) is 13.1 Å². The van der Waals surface area contributed by atoms with Crippen LogP contribution in [-0.2, 0) is 24.5 Å². The lowest BCUT2D eigenvalue weighted by atomic mass is 10.0. The molecule has 10 heteroatoms. The van der Waals surface area contributed by atoms with E-state index in [1.165, 1.54) is 6.07 Å². The van der Waals surface area contributed by atoms with Crippen molar-refractivity contribution >= 4 is 23.1 Å². The highest BCUT2D eigenvalue weighted by Gasteiger charge is 2.43. The van der Waals surface area contributed by atoms with Crippen LogP contribution < -0.4 is 9.47 Å². The minimum Gasteiger partial charge on any atom is -0.490 e. The van der Waals surface area contributed by atoms with Crippen molar-refractivity contribution in [3.05, 3.63) is 95.1 Å². The number of piperidine rings is 1. The Bertz CT molecular complexity index is 1860. The maximum Gasteiger partial charge on any atom is 0.328 e. The quantitative estimate of drug-likeness (QED) is 0.179. The first kappa shape index (κ1) is 30.8. The largest absolute Gasteiger partial charge is 0.490 e. The summed E-state index contributed by atoms with van der Waals surface area (Å²) in [5, 5.41) is 27.5. The van der Waals surface area contributed by atoms with E-state index >= 15 is 0 Å². The molecule has 0 radical (unpaired) electrons. The molecule has 234 valence electrons. The first-order valence-corrected chi connectivity index (χ1v) is 15.4. The maximum absolute atomic E-state index is 14.3. The molecule has 46 heavy (non-hydrogen) atoms. The van der Waals surface area contributed by atoms with Gasteiger partial charge in [-0.3, -0.25) is 4.90 Å². The summed E-state index contributed by atoms with van der Waals surface area (Å²) in [4.78, 5) is 18.4. The van der Waals surface area contributed by atoms with Crippen molar-refractivity contribution < 1.29 is 23.8 Å². The Kier molecular flexibility index (Phi) is 9.00. The molecule has 6 rings (SSSR count). The van der Waals surface area contributed by atoms with Gasteiger partial charge in [-0.1, -0.05) is 18.2 Å². The zero-order valence-electron chi connectivity index (χ0n) is 25.4. The topological polar surface area (TPSA) is 124 Å². The predicted molar refractivity (Wildman–Crippen MR) is 169 cm³/mol. The minimum absolute atomic E-state index is 0.0285. The van der Waals surface area contributed by atoms with Crippen molar-refractivity contribution in [2.24, 2.45) is 5.41 Å². The Hall–Kier alpha value is -5.19. The number of benzene rings is 3. The van der Waals surface area contributed by atoms with Gasteiger partial charge in [0, 0.05) is 49.2 Å². The molecule has 2 heterocycles. The van der Waals surface area contributed by atoms with Crippen LogP contribution in [0.1, 0.15) is 54.6 Å². The van der Waals surface area contributed by atoms with Gasteiger partial charge in [-0.05, 0) is 73.7 Å². The van der Waals surface area contributed by atoms with Gasteiger partial charge in [0.2, 0.25) is 0 Å². The summed E-state index contributed by atoms with van der Waals surface area (Å²) in [7, 11) is 0. The van der Waals surface area contributed by atoms with Crippen LogP contribution in [0.15, 0.2) is 66.7 Å². The minimum atomic E-state index is -0.995. The van der Waals surface area contributed by atoms with Gasteiger partial charge in [0.25, 0.3) is 0 Å². The van der Waals surface area contributed by atoms with Crippen LogP contribution in [0.3, 0.4) is 0 Å². The molecule has 1 saturated carbocycles. The van der Waals surface area contributed by atoms with Crippen molar-refractivity contribution in [1.29, 1.82) is 10.5 Å². The lowest BCUT2D eigenvalue weighted by molar-refractivity contribution is -0.131. The molecule has 0 unspecified atom stereocenters. The van der Waals surface area contributed by atoms with Crippen LogP contribution in [0, 0.1) is 33.9 Å². The highest BCUT2D eigenvalue weighted by atomic mass is 19.1. The number of imidazole rings is 1. The molecule has 0 bridgehead atoms. The average Bonchev–Trinajstić information content (AvgIpc) is 3.74. The maximum atomic E-state index is 14.3. The van der Waals surface area contributed by atoms with Crippen LogP contribution >= 0.6 is 0 Å². The van der Waals surface area contributed by atoms with Gasteiger partial charge in [0.05, 0.1) is 35.3 Å². The van der Waals surface area contributed by atoms with Crippen molar-refractivity contribution in [2.45, 2.75) is 57.9 Å². The molecule has 3 aromatic carbocycles. The molecule has 4 aromatic rings.